The number of nitriles is 1. The Hall–Kier alpha value is -2.39. The molecule has 1 aromatic carbocycles. The maximum Gasteiger partial charge on any atom is 0.293 e. The number of nitro benzene ring substituents is 1. The van der Waals surface area contributed by atoms with Gasteiger partial charge in [-0.2, -0.15) is 5.26 Å². The summed E-state index contributed by atoms with van der Waals surface area (Å²) in [6.45, 7) is 4.62. The van der Waals surface area contributed by atoms with Crippen LogP contribution in [-0.4, -0.2) is 4.92 Å². The minimum atomic E-state index is -0.478. The lowest BCUT2D eigenvalue weighted by atomic mass is 10.2. The normalized spacial score (nSPS) is 10.1. The third-order valence-electron chi connectivity index (χ3n) is 2.99. The number of thiophene rings is 1. The van der Waals surface area contributed by atoms with Crippen molar-refractivity contribution >= 4 is 22.7 Å². The van der Waals surface area contributed by atoms with E-state index in [0.717, 1.165) is 4.88 Å². The Labute approximate surface area is 120 Å². The van der Waals surface area contributed by atoms with Crippen molar-refractivity contribution in [1.82, 2.24) is 0 Å². The Morgan fingerprint density at radius 3 is 2.70 bits per heavy atom. The number of anilines is 1. The largest absolute Gasteiger partial charge is 0.375 e. The fourth-order valence-corrected chi connectivity index (χ4v) is 2.81. The molecule has 1 aromatic heterocycles. The number of hydrogen-bond donors (Lipinski definition) is 1. The highest BCUT2D eigenvalue weighted by atomic mass is 32.1. The molecule has 0 aliphatic heterocycles. The first-order valence-corrected chi connectivity index (χ1v) is 6.81. The fourth-order valence-electron chi connectivity index (χ4n) is 1.82. The standard InChI is InChI=1S/C14H13N3O2S/c1-9-5-12(20-10(9)2)8-16-13-4-3-11(7-15)6-14(13)17(18)19/h3-6,16H,8H2,1-2H3. The van der Waals surface area contributed by atoms with Gasteiger partial charge in [-0.15, -0.1) is 11.3 Å². The van der Waals surface area contributed by atoms with Gasteiger partial charge in [0.25, 0.3) is 5.69 Å². The summed E-state index contributed by atoms with van der Waals surface area (Å²) in [6.07, 6.45) is 0. The topological polar surface area (TPSA) is 79.0 Å². The molecule has 0 radical (unpaired) electrons. The molecule has 1 heterocycles. The molecule has 0 saturated carbocycles. The van der Waals surface area contributed by atoms with E-state index >= 15 is 0 Å². The average molecular weight is 287 g/mol. The van der Waals surface area contributed by atoms with Crippen molar-refractivity contribution in [2.75, 3.05) is 5.32 Å². The highest BCUT2D eigenvalue weighted by Crippen LogP contribution is 2.27. The fraction of sp³-hybridized carbons (Fsp3) is 0.214. The Morgan fingerprint density at radius 1 is 1.40 bits per heavy atom. The van der Waals surface area contributed by atoms with Crippen LogP contribution < -0.4 is 5.32 Å². The van der Waals surface area contributed by atoms with Gasteiger partial charge in [0.2, 0.25) is 0 Å². The van der Waals surface area contributed by atoms with E-state index in [1.165, 1.54) is 16.5 Å². The number of hydrogen-bond acceptors (Lipinski definition) is 5. The molecular formula is C14H13N3O2S. The number of rotatable bonds is 4. The lowest BCUT2D eigenvalue weighted by molar-refractivity contribution is -0.384. The third-order valence-corrected chi connectivity index (χ3v) is 4.15. The Kier molecular flexibility index (Phi) is 4.01. The molecule has 0 atom stereocenters. The van der Waals surface area contributed by atoms with Crippen LogP contribution in [0.5, 0.6) is 0 Å². The van der Waals surface area contributed by atoms with Crippen LogP contribution in [-0.2, 0) is 6.54 Å². The molecule has 1 N–H and O–H groups in total. The molecule has 0 aliphatic rings. The van der Waals surface area contributed by atoms with Gasteiger partial charge in [-0.3, -0.25) is 10.1 Å². The smallest absolute Gasteiger partial charge is 0.293 e. The summed E-state index contributed by atoms with van der Waals surface area (Å²) in [5.41, 5.74) is 1.86. The van der Waals surface area contributed by atoms with Gasteiger partial charge in [0.15, 0.2) is 0 Å². The zero-order chi connectivity index (χ0) is 14.7. The van der Waals surface area contributed by atoms with Gasteiger partial charge >= 0.3 is 0 Å². The molecule has 102 valence electrons. The van der Waals surface area contributed by atoms with Crippen molar-refractivity contribution in [3.63, 3.8) is 0 Å². The summed E-state index contributed by atoms with van der Waals surface area (Å²) < 4.78 is 0. The van der Waals surface area contributed by atoms with Crippen LogP contribution in [0.4, 0.5) is 11.4 Å². The lowest BCUT2D eigenvalue weighted by Crippen LogP contribution is -2.01. The molecule has 2 aromatic rings. The van der Waals surface area contributed by atoms with Crippen molar-refractivity contribution in [2.24, 2.45) is 0 Å². The van der Waals surface area contributed by atoms with E-state index in [1.807, 2.05) is 19.9 Å². The average Bonchev–Trinajstić information content (AvgIpc) is 2.75. The number of benzene rings is 1. The van der Waals surface area contributed by atoms with E-state index in [2.05, 4.69) is 11.4 Å². The highest BCUT2D eigenvalue weighted by molar-refractivity contribution is 7.12. The van der Waals surface area contributed by atoms with E-state index < -0.39 is 4.92 Å². The predicted molar refractivity (Wildman–Crippen MR) is 78.9 cm³/mol. The molecule has 0 spiro atoms. The summed E-state index contributed by atoms with van der Waals surface area (Å²) >= 11 is 1.67. The van der Waals surface area contributed by atoms with Crippen LogP contribution in [0.1, 0.15) is 20.9 Å². The second-order valence-electron chi connectivity index (χ2n) is 4.41. The number of nitrogens with one attached hydrogen (secondary N) is 1. The van der Waals surface area contributed by atoms with Gasteiger partial charge in [-0.1, -0.05) is 0 Å². The molecule has 0 amide bonds. The highest BCUT2D eigenvalue weighted by Gasteiger charge is 2.14. The quantitative estimate of drug-likeness (QED) is 0.686. The van der Waals surface area contributed by atoms with Crippen molar-refractivity contribution in [3.05, 3.63) is 55.3 Å². The van der Waals surface area contributed by atoms with E-state index in [9.17, 15) is 10.1 Å². The zero-order valence-electron chi connectivity index (χ0n) is 11.1. The van der Waals surface area contributed by atoms with E-state index in [0.29, 0.717) is 12.2 Å². The second kappa shape index (κ2) is 5.72. The van der Waals surface area contributed by atoms with E-state index in [-0.39, 0.29) is 11.3 Å². The van der Waals surface area contributed by atoms with Crippen LogP contribution in [0.2, 0.25) is 0 Å². The summed E-state index contributed by atoms with van der Waals surface area (Å²) in [4.78, 5) is 12.9. The molecule has 0 saturated heterocycles. The van der Waals surface area contributed by atoms with Crippen LogP contribution in [0.15, 0.2) is 24.3 Å². The maximum absolute atomic E-state index is 11.0. The predicted octanol–water partition coefficient (Wildman–Crippen LogP) is 3.76. The first-order chi connectivity index (χ1) is 9.51. The minimum Gasteiger partial charge on any atom is -0.375 e. The van der Waals surface area contributed by atoms with Gasteiger partial charge in [-0.05, 0) is 37.6 Å². The van der Waals surface area contributed by atoms with Gasteiger partial charge in [0.05, 0.1) is 16.6 Å². The van der Waals surface area contributed by atoms with Gasteiger partial charge in [0, 0.05) is 22.4 Å². The van der Waals surface area contributed by atoms with E-state index in [4.69, 9.17) is 5.26 Å². The molecule has 0 unspecified atom stereocenters. The zero-order valence-corrected chi connectivity index (χ0v) is 12.0. The SMILES string of the molecule is Cc1cc(CNc2ccc(C#N)cc2[N+](=O)[O-])sc1C. The number of nitrogens with zero attached hydrogens (tertiary/aromatic N) is 2. The van der Waals surface area contributed by atoms with Crippen molar-refractivity contribution in [1.29, 1.82) is 5.26 Å². The molecule has 0 aliphatic carbocycles. The van der Waals surface area contributed by atoms with Crippen LogP contribution in [0.25, 0.3) is 0 Å². The molecule has 0 bridgehead atoms. The molecule has 2 rings (SSSR count). The third kappa shape index (κ3) is 2.95. The summed E-state index contributed by atoms with van der Waals surface area (Å²) in [7, 11) is 0. The monoisotopic (exact) mass is 287 g/mol. The molecular weight excluding hydrogens is 274 g/mol. The Balaban J connectivity index is 2.21. The second-order valence-corrected chi connectivity index (χ2v) is 5.75. The molecule has 6 heteroatoms. The first-order valence-electron chi connectivity index (χ1n) is 5.99. The van der Waals surface area contributed by atoms with Crippen LogP contribution in [0.3, 0.4) is 0 Å². The molecule has 5 nitrogen and oxygen atoms in total. The van der Waals surface area contributed by atoms with Gasteiger partial charge < -0.3 is 5.32 Å². The lowest BCUT2D eigenvalue weighted by Gasteiger charge is -2.05. The Morgan fingerprint density at radius 2 is 2.15 bits per heavy atom. The minimum absolute atomic E-state index is 0.0750. The first kappa shape index (κ1) is 14.0. The summed E-state index contributed by atoms with van der Waals surface area (Å²) in [5.74, 6) is 0. The van der Waals surface area contributed by atoms with Gasteiger partial charge in [-0.25, -0.2) is 0 Å². The van der Waals surface area contributed by atoms with Crippen molar-refractivity contribution in [3.8, 4) is 6.07 Å². The number of aryl methyl sites for hydroxylation is 2. The maximum atomic E-state index is 11.0. The summed E-state index contributed by atoms with van der Waals surface area (Å²) in [5, 5.41) is 22.9. The van der Waals surface area contributed by atoms with E-state index in [1.54, 1.807) is 23.5 Å². The van der Waals surface area contributed by atoms with Crippen LogP contribution in [0, 0.1) is 35.3 Å². The van der Waals surface area contributed by atoms with Gasteiger partial charge in [0.1, 0.15) is 5.69 Å². The van der Waals surface area contributed by atoms with Crippen LogP contribution >= 0.6 is 11.3 Å². The molecule has 20 heavy (non-hydrogen) atoms. The van der Waals surface area contributed by atoms with Crippen molar-refractivity contribution in [2.45, 2.75) is 20.4 Å². The molecule has 0 fully saturated rings. The number of nitro groups is 1. The summed E-state index contributed by atoms with van der Waals surface area (Å²) in [6, 6.07) is 8.40. The van der Waals surface area contributed by atoms with Crippen molar-refractivity contribution < 1.29 is 4.92 Å². The Bertz CT molecular complexity index is 681.